The lowest BCUT2D eigenvalue weighted by molar-refractivity contribution is -0.161. The molecule has 0 rings (SSSR count). The van der Waals surface area contributed by atoms with Gasteiger partial charge in [-0.05, 0) is 31.6 Å². The summed E-state index contributed by atoms with van der Waals surface area (Å²) < 4.78 is 68.7. The molecule has 0 aromatic carbocycles. The van der Waals surface area contributed by atoms with Crippen molar-refractivity contribution in [3.63, 3.8) is 0 Å². The molecular weight excluding hydrogens is 1330 g/mol. The molecule has 0 aliphatic heterocycles. The van der Waals surface area contributed by atoms with Crippen LogP contribution in [0.2, 0.25) is 0 Å². The average molecular weight is 1490 g/mol. The molecule has 17 nitrogen and oxygen atoms in total. The van der Waals surface area contributed by atoms with Crippen LogP contribution < -0.4 is 0 Å². The third-order valence-corrected chi connectivity index (χ3v) is 21.4. The molecule has 0 aliphatic carbocycles. The van der Waals surface area contributed by atoms with Gasteiger partial charge in [0.25, 0.3) is 0 Å². The fraction of sp³-hybridized carbons (Fsp3) is 0.952. The summed E-state index contributed by atoms with van der Waals surface area (Å²) in [5, 5.41) is 10.6. The van der Waals surface area contributed by atoms with Crippen molar-refractivity contribution in [2.24, 2.45) is 5.92 Å². The lowest BCUT2D eigenvalue weighted by atomic mass is 10.0. The topological polar surface area (TPSA) is 237 Å². The van der Waals surface area contributed by atoms with E-state index in [0.717, 1.165) is 95.8 Å². The van der Waals surface area contributed by atoms with Gasteiger partial charge in [-0.15, -0.1) is 0 Å². The van der Waals surface area contributed by atoms with Crippen molar-refractivity contribution in [3.8, 4) is 0 Å². The molecule has 0 amide bonds. The van der Waals surface area contributed by atoms with Crippen molar-refractivity contribution < 1.29 is 80.2 Å². The highest BCUT2D eigenvalue weighted by Crippen LogP contribution is 2.45. The Hall–Kier alpha value is -1.94. The largest absolute Gasteiger partial charge is 0.472 e. The number of phosphoric ester groups is 2. The van der Waals surface area contributed by atoms with Gasteiger partial charge in [-0.2, -0.15) is 0 Å². The molecule has 0 bridgehead atoms. The lowest BCUT2D eigenvalue weighted by Crippen LogP contribution is -2.30. The standard InChI is InChI=1S/C83H162O17P2/c1-6-9-12-15-18-21-24-25-26-27-28-29-30-34-37-40-43-48-52-57-62-67-81(86)94-73-79(100-83(88)69-64-59-54-49-44-41-38-35-32-31-33-36-39-42-45-50-55-60-65-76(4)5)75-98-102(91,92)96-71-77(84)70-95-101(89,90)97-74-78(99-82(87)68-63-58-53-47-23-20-17-14-11-8-3)72-93-80(85)66-61-56-51-46-22-19-16-13-10-7-2/h76-79,84H,6-75H2,1-5H3,(H,89,90)(H,91,92)/t77-,78+,79+/m0/s1. The normalized spacial score (nSPS) is 13.8. The summed E-state index contributed by atoms with van der Waals surface area (Å²) in [6.45, 7) is 7.35. The zero-order chi connectivity index (χ0) is 74.8. The summed E-state index contributed by atoms with van der Waals surface area (Å²) in [5.41, 5.74) is 0. The fourth-order valence-corrected chi connectivity index (χ4v) is 14.5. The predicted molar refractivity (Wildman–Crippen MR) is 418 cm³/mol. The van der Waals surface area contributed by atoms with Gasteiger partial charge < -0.3 is 33.8 Å². The monoisotopic (exact) mass is 1490 g/mol. The number of unbranched alkanes of at least 4 members (excludes halogenated alkanes) is 55. The summed E-state index contributed by atoms with van der Waals surface area (Å²) in [7, 11) is -9.92. The minimum absolute atomic E-state index is 0.107. The lowest BCUT2D eigenvalue weighted by Gasteiger charge is -2.21. The van der Waals surface area contributed by atoms with Crippen LogP contribution in [0.15, 0.2) is 0 Å². The maximum atomic E-state index is 13.1. The van der Waals surface area contributed by atoms with E-state index >= 15 is 0 Å². The van der Waals surface area contributed by atoms with Gasteiger partial charge in [0, 0.05) is 25.7 Å². The molecule has 5 atom stereocenters. The third-order valence-electron chi connectivity index (χ3n) is 19.5. The average Bonchev–Trinajstić information content (AvgIpc) is 0.925. The van der Waals surface area contributed by atoms with Crippen molar-refractivity contribution in [3.05, 3.63) is 0 Å². The second-order valence-corrected chi connectivity index (χ2v) is 33.3. The van der Waals surface area contributed by atoms with E-state index < -0.39 is 97.5 Å². The van der Waals surface area contributed by atoms with Crippen LogP contribution in [-0.4, -0.2) is 96.7 Å². The molecule has 102 heavy (non-hydrogen) atoms. The van der Waals surface area contributed by atoms with Crippen LogP contribution in [0.25, 0.3) is 0 Å². The molecule has 0 aromatic heterocycles. The number of esters is 4. The Morgan fingerprint density at radius 3 is 0.667 bits per heavy atom. The number of ether oxygens (including phenoxy) is 4. The number of hydrogen-bond donors (Lipinski definition) is 3. The molecule has 2 unspecified atom stereocenters. The van der Waals surface area contributed by atoms with E-state index in [1.165, 1.54) is 270 Å². The van der Waals surface area contributed by atoms with Gasteiger partial charge in [0.2, 0.25) is 0 Å². The SMILES string of the molecule is CCCCCCCCCCCCCCCCCCCCCCCC(=O)OC[C@H](COP(=O)(O)OC[C@@H](O)COP(=O)(O)OC[C@@H](COC(=O)CCCCCCCCCCCC)OC(=O)CCCCCCCCCCCC)OC(=O)CCCCCCCCCCCCCCCCCCCCC(C)C. The summed E-state index contributed by atoms with van der Waals surface area (Å²) in [5.74, 6) is -1.29. The van der Waals surface area contributed by atoms with Gasteiger partial charge >= 0.3 is 39.5 Å². The molecule has 0 saturated heterocycles. The van der Waals surface area contributed by atoms with E-state index in [1.807, 2.05) is 0 Å². The van der Waals surface area contributed by atoms with E-state index in [-0.39, 0.29) is 25.7 Å². The number of hydrogen-bond acceptors (Lipinski definition) is 15. The van der Waals surface area contributed by atoms with Crippen molar-refractivity contribution >= 4 is 39.5 Å². The quantitative estimate of drug-likeness (QED) is 0.0222. The fourth-order valence-electron chi connectivity index (χ4n) is 12.9. The summed E-state index contributed by atoms with van der Waals surface area (Å²) in [6, 6.07) is 0. The maximum absolute atomic E-state index is 13.1. The number of carbonyl (C=O) groups excluding carboxylic acids is 4. The van der Waals surface area contributed by atoms with E-state index in [2.05, 4.69) is 34.6 Å². The van der Waals surface area contributed by atoms with Gasteiger partial charge in [-0.3, -0.25) is 37.3 Å². The van der Waals surface area contributed by atoms with Crippen LogP contribution in [0.4, 0.5) is 0 Å². The minimum Gasteiger partial charge on any atom is -0.462 e. The van der Waals surface area contributed by atoms with Crippen molar-refractivity contribution in [1.29, 1.82) is 0 Å². The summed E-state index contributed by atoms with van der Waals surface area (Å²) >= 11 is 0. The Morgan fingerprint density at radius 2 is 0.451 bits per heavy atom. The number of aliphatic hydroxyl groups is 1. The maximum Gasteiger partial charge on any atom is 0.472 e. The van der Waals surface area contributed by atoms with Crippen LogP contribution in [0, 0.1) is 5.92 Å². The first kappa shape index (κ1) is 100. The van der Waals surface area contributed by atoms with Crippen molar-refractivity contribution in [2.45, 2.75) is 464 Å². The Balaban J connectivity index is 5.17. The van der Waals surface area contributed by atoms with Crippen LogP contribution >= 0.6 is 15.6 Å². The van der Waals surface area contributed by atoms with Gasteiger partial charge in [-0.25, -0.2) is 9.13 Å². The first-order valence-electron chi connectivity index (χ1n) is 43.1. The Labute approximate surface area is 626 Å². The van der Waals surface area contributed by atoms with Crippen molar-refractivity contribution in [2.75, 3.05) is 39.6 Å². The van der Waals surface area contributed by atoms with Gasteiger partial charge in [-0.1, -0.05) is 394 Å². The van der Waals surface area contributed by atoms with Crippen molar-refractivity contribution in [1.82, 2.24) is 0 Å². The summed E-state index contributed by atoms with van der Waals surface area (Å²) in [4.78, 5) is 73.0. The number of rotatable bonds is 83. The van der Waals surface area contributed by atoms with E-state index in [1.54, 1.807) is 0 Å². The zero-order valence-corrected chi connectivity index (χ0v) is 68.5. The van der Waals surface area contributed by atoms with E-state index in [9.17, 15) is 43.2 Å². The molecule has 0 radical (unpaired) electrons. The Bertz CT molecular complexity index is 1940. The van der Waals surface area contributed by atoms with Crippen LogP contribution in [-0.2, 0) is 65.4 Å². The molecule has 0 aromatic rings. The Kier molecular flexibility index (Phi) is 74.4. The smallest absolute Gasteiger partial charge is 0.462 e. The molecular formula is C83H162O17P2. The Morgan fingerprint density at radius 1 is 0.265 bits per heavy atom. The highest BCUT2D eigenvalue weighted by atomic mass is 31.2. The second-order valence-electron chi connectivity index (χ2n) is 30.3. The molecule has 19 heteroatoms. The molecule has 0 spiro atoms. The second kappa shape index (κ2) is 75.9. The molecule has 0 fully saturated rings. The number of aliphatic hydroxyl groups excluding tert-OH is 1. The van der Waals surface area contributed by atoms with Crippen LogP contribution in [0.1, 0.15) is 446 Å². The van der Waals surface area contributed by atoms with Crippen LogP contribution in [0.3, 0.4) is 0 Å². The highest BCUT2D eigenvalue weighted by molar-refractivity contribution is 7.47. The summed E-state index contributed by atoms with van der Waals surface area (Å²) in [6.07, 6.45) is 68.2. The number of phosphoric acid groups is 2. The van der Waals surface area contributed by atoms with Crippen LogP contribution in [0.5, 0.6) is 0 Å². The first-order chi connectivity index (χ1) is 49.5. The minimum atomic E-state index is -4.96. The molecule has 3 N–H and O–H groups in total. The molecule has 0 saturated carbocycles. The van der Waals surface area contributed by atoms with Gasteiger partial charge in [0.1, 0.15) is 19.3 Å². The highest BCUT2D eigenvalue weighted by Gasteiger charge is 2.30. The molecule has 0 aliphatic rings. The predicted octanol–water partition coefficient (Wildman–Crippen LogP) is 25.2. The van der Waals surface area contributed by atoms with Gasteiger partial charge in [0.15, 0.2) is 12.2 Å². The third kappa shape index (κ3) is 76.3. The number of carbonyl (C=O) groups is 4. The zero-order valence-electron chi connectivity index (χ0n) is 66.8. The van der Waals surface area contributed by atoms with E-state index in [4.69, 9.17) is 37.0 Å². The van der Waals surface area contributed by atoms with Gasteiger partial charge in [0.05, 0.1) is 26.4 Å². The first-order valence-corrected chi connectivity index (χ1v) is 46.1. The molecule has 0 heterocycles. The molecule has 606 valence electrons. The van der Waals surface area contributed by atoms with E-state index in [0.29, 0.717) is 25.7 Å².